The molecule has 0 amide bonds. The summed E-state index contributed by atoms with van der Waals surface area (Å²) in [7, 11) is 0. The lowest BCUT2D eigenvalue weighted by atomic mass is 9.93. The molecule has 1 fully saturated rings. The molecular formula is C19H17F6N5O2. The van der Waals surface area contributed by atoms with Crippen molar-refractivity contribution in [3.63, 3.8) is 0 Å². The number of ether oxygens (including phenoxy) is 1. The Hall–Kier alpha value is -3.09. The van der Waals surface area contributed by atoms with Crippen LogP contribution >= 0.6 is 0 Å². The number of hydrogen-bond donors (Lipinski definition) is 2. The molecule has 0 bridgehead atoms. The predicted octanol–water partition coefficient (Wildman–Crippen LogP) is 4.42. The number of anilines is 1. The molecule has 1 aliphatic rings. The van der Waals surface area contributed by atoms with Crippen LogP contribution in [0, 0.1) is 0 Å². The van der Waals surface area contributed by atoms with E-state index >= 15 is 0 Å². The van der Waals surface area contributed by atoms with E-state index in [2.05, 4.69) is 25.2 Å². The summed E-state index contributed by atoms with van der Waals surface area (Å²) in [6.07, 6.45) is -4.98. The van der Waals surface area contributed by atoms with E-state index in [1.54, 1.807) is 0 Å². The molecule has 2 aromatic heterocycles. The van der Waals surface area contributed by atoms with E-state index in [1.807, 2.05) is 0 Å². The van der Waals surface area contributed by atoms with Crippen LogP contribution in [0.4, 0.5) is 32.3 Å². The third-order valence-corrected chi connectivity index (χ3v) is 5.19. The van der Waals surface area contributed by atoms with Gasteiger partial charge in [-0.05, 0) is 31.0 Å². The van der Waals surface area contributed by atoms with E-state index in [0.717, 1.165) is 18.9 Å². The van der Waals surface area contributed by atoms with E-state index < -0.39 is 30.0 Å². The molecule has 0 unspecified atom stereocenters. The Balaban J connectivity index is 1.77. The van der Waals surface area contributed by atoms with Crippen molar-refractivity contribution in [2.24, 2.45) is 0 Å². The molecule has 0 spiro atoms. The van der Waals surface area contributed by atoms with Crippen LogP contribution in [0.1, 0.15) is 31.2 Å². The molecule has 0 aliphatic heterocycles. The second-order valence-electron chi connectivity index (χ2n) is 7.38. The number of rotatable bonds is 4. The van der Waals surface area contributed by atoms with Crippen LogP contribution in [0.25, 0.3) is 16.8 Å². The Morgan fingerprint density at radius 3 is 2.50 bits per heavy atom. The van der Waals surface area contributed by atoms with E-state index in [9.17, 15) is 31.4 Å². The Morgan fingerprint density at radius 2 is 1.81 bits per heavy atom. The summed E-state index contributed by atoms with van der Waals surface area (Å²) in [5.74, 6) is -0.870. The number of hydrogen-bond acceptors (Lipinski definition) is 6. The summed E-state index contributed by atoms with van der Waals surface area (Å²) in [5, 5.41) is 21.2. The number of benzene rings is 1. The van der Waals surface area contributed by atoms with Crippen molar-refractivity contribution < 1.29 is 36.2 Å². The van der Waals surface area contributed by atoms with Gasteiger partial charge in [0, 0.05) is 5.56 Å². The average Bonchev–Trinajstić information content (AvgIpc) is 3.19. The highest BCUT2D eigenvalue weighted by Crippen LogP contribution is 2.40. The first-order valence-electron chi connectivity index (χ1n) is 9.63. The maximum absolute atomic E-state index is 13.0. The second-order valence-corrected chi connectivity index (χ2v) is 7.38. The zero-order valence-electron chi connectivity index (χ0n) is 16.3. The Kier molecular flexibility index (Phi) is 5.61. The third kappa shape index (κ3) is 4.56. The molecule has 0 saturated heterocycles. The largest absolute Gasteiger partial charge is 0.573 e. The van der Waals surface area contributed by atoms with Crippen molar-refractivity contribution in [3.05, 3.63) is 36.3 Å². The summed E-state index contributed by atoms with van der Waals surface area (Å²) in [6, 6.07) is 1.45. The standard InChI is InChI=1S/C19H17F6N5O2/c20-18(21,22)10-5-6-11(15(7-10)32-19(23,24)25)16-13-8-26-9-30(13)17(29-28-16)27-12-3-1-2-4-14(12)31/h5-9,12,14,31H,1-4H2,(H,27,29)/t12-,14-/m0/s1. The fourth-order valence-electron chi connectivity index (χ4n) is 3.67. The highest BCUT2D eigenvalue weighted by Gasteiger charge is 2.36. The summed E-state index contributed by atoms with van der Waals surface area (Å²) >= 11 is 0. The Morgan fingerprint density at radius 1 is 1.06 bits per heavy atom. The SMILES string of the molecule is O[C@H]1CCCC[C@@H]1Nc1nnc(-c2ccc(C(F)(F)F)cc2OC(F)(F)F)c2cncn12. The number of aliphatic hydroxyl groups excluding tert-OH is 1. The molecule has 7 nitrogen and oxygen atoms in total. The summed E-state index contributed by atoms with van der Waals surface area (Å²) in [6.45, 7) is 0. The molecule has 2 heterocycles. The number of nitrogens with zero attached hydrogens (tertiary/aromatic N) is 4. The van der Waals surface area contributed by atoms with E-state index in [1.165, 1.54) is 16.9 Å². The van der Waals surface area contributed by atoms with Gasteiger partial charge in [0.25, 0.3) is 0 Å². The minimum atomic E-state index is -5.22. The maximum Gasteiger partial charge on any atom is 0.573 e. The lowest BCUT2D eigenvalue weighted by Crippen LogP contribution is -2.37. The Labute approximate surface area is 177 Å². The smallest absolute Gasteiger partial charge is 0.405 e. The van der Waals surface area contributed by atoms with Gasteiger partial charge in [-0.2, -0.15) is 13.2 Å². The molecule has 32 heavy (non-hydrogen) atoms. The normalized spacial score (nSPS) is 19.8. The van der Waals surface area contributed by atoms with Crippen LogP contribution in [0.2, 0.25) is 0 Å². The van der Waals surface area contributed by atoms with E-state index in [-0.39, 0.29) is 34.8 Å². The molecule has 0 radical (unpaired) electrons. The minimum Gasteiger partial charge on any atom is -0.405 e. The van der Waals surface area contributed by atoms with Crippen molar-refractivity contribution in [2.45, 2.75) is 50.4 Å². The van der Waals surface area contributed by atoms with Crippen molar-refractivity contribution in [1.82, 2.24) is 19.6 Å². The molecule has 2 atom stereocenters. The quantitative estimate of drug-likeness (QED) is 0.560. The highest BCUT2D eigenvalue weighted by molar-refractivity contribution is 5.81. The van der Waals surface area contributed by atoms with Gasteiger partial charge in [-0.3, -0.25) is 4.40 Å². The maximum atomic E-state index is 13.0. The van der Waals surface area contributed by atoms with E-state index in [4.69, 9.17) is 0 Å². The van der Waals surface area contributed by atoms with Gasteiger partial charge in [-0.1, -0.05) is 12.8 Å². The van der Waals surface area contributed by atoms with Gasteiger partial charge in [0.15, 0.2) is 0 Å². The van der Waals surface area contributed by atoms with Gasteiger partial charge in [0.1, 0.15) is 17.8 Å². The lowest BCUT2D eigenvalue weighted by Gasteiger charge is -2.28. The van der Waals surface area contributed by atoms with Crippen molar-refractivity contribution >= 4 is 11.5 Å². The fraction of sp³-hybridized carbons (Fsp3) is 0.421. The molecular weight excluding hydrogens is 444 g/mol. The summed E-state index contributed by atoms with van der Waals surface area (Å²) in [5.41, 5.74) is -1.59. The van der Waals surface area contributed by atoms with Crippen LogP contribution in [0.5, 0.6) is 5.75 Å². The van der Waals surface area contributed by atoms with Crippen LogP contribution in [-0.2, 0) is 6.18 Å². The summed E-state index contributed by atoms with van der Waals surface area (Å²) < 4.78 is 83.1. The van der Waals surface area contributed by atoms with Gasteiger partial charge < -0.3 is 15.2 Å². The molecule has 2 N–H and O–H groups in total. The van der Waals surface area contributed by atoms with Gasteiger partial charge >= 0.3 is 12.5 Å². The minimum absolute atomic E-state index is 0.148. The first-order valence-corrected chi connectivity index (χ1v) is 9.63. The highest BCUT2D eigenvalue weighted by atomic mass is 19.4. The van der Waals surface area contributed by atoms with Crippen molar-refractivity contribution in [1.29, 1.82) is 0 Å². The molecule has 1 saturated carbocycles. The molecule has 3 aromatic rings. The van der Waals surface area contributed by atoms with Crippen LogP contribution < -0.4 is 10.1 Å². The van der Waals surface area contributed by atoms with E-state index in [0.29, 0.717) is 18.9 Å². The number of nitrogens with one attached hydrogen (secondary N) is 1. The lowest BCUT2D eigenvalue weighted by molar-refractivity contribution is -0.274. The third-order valence-electron chi connectivity index (χ3n) is 5.19. The second kappa shape index (κ2) is 8.11. The molecule has 172 valence electrons. The number of aromatic nitrogens is 4. The molecule has 13 heteroatoms. The first kappa shape index (κ1) is 22.1. The van der Waals surface area contributed by atoms with Crippen molar-refractivity contribution in [3.8, 4) is 17.0 Å². The van der Waals surface area contributed by atoms with Gasteiger partial charge in [0.2, 0.25) is 5.95 Å². The Bertz CT molecular complexity index is 1110. The van der Waals surface area contributed by atoms with Gasteiger partial charge in [0.05, 0.1) is 29.4 Å². The average molecular weight is 461 g/mol. The van der Waals surface area contributed by atoms with Crippen LogP contribution in [0.15, 0.2) is 30.7 Å². The zero-order chi connectivity index (χ0) is 23.1. The van der Waals surface area contributed by atoms with Crippen LogP contribution in [0.3, 0.4) is 0 Å². The molecule has 1 aliphatic carbocycles. The monoisotopic (exact) mass is 461 g/mol. The van der Waals surface area contributed by atoms with Gasteiger partial charge in [-0.25, -0.2) is 4.98 Å². The summed E-state index contributed by atoms with van der Waals surface area (Å²) in [4.78, 5) is 3.96. The van der Waals surface area contributed by atoms with Crippen molar-refractivity contribution in [2.75, 3.05) is 5.32 Å². The zero-order valence-corrected chi connectivity index (χ0v) is 16.3. The molecule has 4 rings (SSSR count). The topological polar surface area (TPSA) is 84.6 Å². The number of imidazole rings is 1. The number of aliphatic hydroxyl groups is 1. The number of fused-ring (bicyclic) bond motifs is 1. The van der Waals surface area contributed by atoms with Gasteiger partial charge in [-0.15, -0.1) is 23.4 Å². The van der Waals surface area contributed by atoms with Crippen LogP contribution in [-0.4, -0.2) is 43.2 Å². The first-order chi connectivity index (χ1) is 15.0. The number of alkyl halides is 6. The fourth-order valence-corrected chi connectivity index (χ4v) is 3.67. The molecule has 1 aromatic carbocycles. The number of halogens is 6. The predicted molar refractivity (Wildman–Crippen MR) is 99.8 cm³/mol.